The van der Waals surface area contributed by atoms with Crippen molar-refractivity contribution in [2.45, 2.75) is 10.1 Å². The third-order valence-corrected chi connectivity index (χ3v) is 3.39. The van der Waals surface area contributed by atoms with Gasteiger partial charge in [0.25, 0.3) is 5.69 Å². The summed E-state index contributed by atoms with van der Waals surface area (Å²) in [6.45, 7) is 0. The van der Waals surface area contributed by atoms with Gasteiger partial charge in [-0.05, 0) is 17.8 Å². The van der Waals surface area contributed by atoms with E-state index in [2.05, 4.69) is 10.1 Å². The molecule has 0 aliphatic rings. The van der Waals surface area contributed by atoms with Crippen molar-refractivity contribution < 1.29 is 14.8 Å². The first kappa shape index (κ1) is 13.0. The summed E-state index contributed by atoms with van der Waals surface area (Å²) in [5.41, 5.74) is -0.187. The fraction of sp³-hybridized carbons (Fsp3) is 0.100. The molecule has 0 saturated carbocycles. The second-order valence-corrected chi connectivity index (χ2v) is 4.52. The minimum atomic E-state index is -1.15. The normalized spacial score (nSPS) is 10.4. The number of nitro groups is 1. The fourth-order valence-corrected chi connectivity index (χ4v) is 2.28. The Morgan fingerprint density at radius 1 is 1.53 bits per heavy atom. The zero-order chi connectivity index (χ0) is 14.0. The van der Waals surface area contributed by atoms with E-state index in [9.17, 15) is 14.9 Å². The number of nitrogens with zero attached hydrogens (tertiary/aromatic N) is 4. The molecule has 2 aromatic rings. The van der Waals surface area contributed by atoms with Gasteiger partial charge in [0.1, 0.15) is 6.33 Å². The van der Waals surface area contributed by atoms with Gasteiger partial charge in [-0.15, -0.1) is 0 Å². The fourth-order valence-electron chi connectivity index (χ4n) is 1.36. The van der Waals surface area contributed by atoms with Gasteiger partial charge in [-0.3, -0.25) is 10.1 Å². The van der Waals surface area contributed by atoms with Crippen LogP contribution in [0.4, 0.5) is 5.69 Å². The van der Waals surface area contributed by atoms with E-state index in [-0.39, 0.29) is 16.1 Å². The third kappa shape index (κ3) is 2.71. The van der Waals surface area contributed by atoms with Gasteiger partial charge in [0.2, 0.25) is 0 Å². The Bertz CT molecular complexity index is 655. The number of hydrogen-bond acceptors (Lipinski definition) is 6. The van der Waals surface area contributed by atoms with Crippen LogP contribution in [0.1, 0.15) is 10.4 Å². The first-order chi connectivity index (χ1) is 8.99. The molecule has 0 amide bonds. The highest BCUT2D eigenvalue weighted by atomic mass is 32.2. The first-order valence-electron chi connectivity index (χ1n) is 5.02. The summed E-state index contributed by atoms with van der Waals surface area (Å²) in [4.78, 5) is 25.4. The molecule has 0 aliphatic carbocycles. The van der Waals surface area contributed by atoms with Crippen molar-refractivity contribution >= 4 is 23.4 Å². The number of aryl methyl sites for hydroxylation is 1. The topological polar surface area (TPSA) is 111 Å². The predicted molar refractivity (Wildman–Crippen MR) is 65.2 cm³/mol. The van der Waals surface area contributed by atoms with Crippen LogP contribution < -0.4 is 0 Å². The molecule has 8 nitrogen and oxygen atoms in total. The molecule has 0 aliphatic heterocycles. The maximum Gasteiger partial charge on any atom is 0.336 e. The molecule has 0 fully saturated rings. The van der Waals surface area contributed by atoms with Gasteiger partial charge in [-0.2, -0.15) is 5.10 Å². The molecule has 0 bridgehead atoms. The SMILES string of the molecule is Cn1ncnc1Sc1cc([N+](=O)[O-])ccc1C(=O)O. The van der Waals surface area contributed by atoms with Gasteiger partial charge in [-0.25, -0.2) is 14.5 Å². The zero-order valence-corrected chi connectivity index (χ0v) is 10.5. The van der Waals surface area contributed by atoms with E-state index >= 15 is 0 Å². The van der Waals surface area contributed by atoms with E-state index in [0.29, 0.717) is 5.16 Å². The standard InChI is InChI=1S/C10H8N4O4S/c1-13-10(11-5-12-13)19-8-4-6(14(17)18)2-3-7(8)9(15)16/h2-5H,1H3,(H,15,16). The van der Waals surface area contributed by atoms with E-state index in [0.717, 1.165) is 17.8 Å². The molecule has 0 unspecified atom stereocenters. The van der Waals surface area contributed by atoms with Gasteiger partial charge in [0, 0.05) is 24.1 Å². The summed E-state index contributed by atoms with van der Waals surface area (Å²) in [6.07, 6.45) is 1.32. The molecule has 0 spiro atoms. The van der Waals surface area contributed by atoms with Gasteiger partial charge < -0.3 is 5.11 Å². The Kier molecular flexibility index (Phi) is 3.47. The van der Waals surface area contributed by atoms with E-state index in [1.165, 1.54) is 23.1 Å². The molecular weight excluding hydrogens is 272 g/mol. The first-order valence-corrected chi connectivity index (χ1v) is 5.84. The lowest BCUT2D eigenvalue weighted by Gasteiger charge is -2.04. The molecule has 1 aromatic heterocycles. The van der Waals surface area contributed by atoms with Crippen molar-refractivity contribution in [2.75, 3.05) is 0 Å². The van der Waals surface area contributed by atoms with Crippen LogP contribution in [0.15, 0.2) is 34.6 Å². The number of carbonyl (C=O) groups is 1. The highest BCUT2D eigenvalue weighted by molar-refractivity contribution is 7.99. The molecule has 1 heterocycles. The monoisotopic (exact) mass is 280 g/mol. The Morgan fingerprint density at radius 3 is 2.79 bits per heavy atom. The summed E-state index contributed by atoms with van der Waals surface area (Å²) in [6, 6.07) is 3.58. The second kappa shape index (κ2) is 5.06. The Balaban J connectivity index is 2.46. The molecule has 9 heteroatoms. The van der Waals surface area contributed by atoms with E-state index in [1.54, 1.807) is 7.05 Å². The van der Waals surface area contributed by atoms with E-state index in [1.807, 2.05) is 0 Å². The summed E-state index contributed by atoms with van der Waals surface area (Å²) in [5, 5.41) is 24.1. The number of non-ortho nitro benzene ring substituents is 1. The minimum Gasteiger partial charge on any atom is -0.478 e. The van der Waals surface area contributed by atoms with Crippen molar-refractivity contribution in [1.29, 1.82) is 0 Å². The second-order valence-electron chi connectivity index (χ2n) is 3.51. The van der Waals surface area contributed by atoms with Crippen molar-refractivity contribution in [1.82, 2.24) is 14.8 Å². The molecule has 19 heavy (non-hydrogen) atoms. The molecular formula is C10H8N4O4S. The Morgan fingerprint density at radius 2 is 2.26 bits per heavy atom. The average molecular weight is 280 g/mol. The number of carboxylic acid groups (broad SMARTS) is 1. The number of carboxylic acids is 1. The predicted octanol–water partition coefficient (Wildman–Crippen LogP) is 1.57. The molecule has 1 N–H and O–H groups in total. The molecule has 0 saturated heterocycles. The summed E-state index contributed by atoms with van der Waals surface area (Å²) in [5.74, 6) is -1.15. The van der Waals surface area contributed by atoms with Gasteiger partial charge in [-0.1, -0.05) is 0 Å². The van der Waals surface area contributed by atoms with E-state index < -0.39 is 10.9 Å². The molecule has 0 atom stereocenters. The number of benzene rings is 1. The lowest BCUT2D eigenvalue weighted by atomic mass is 10.2. The quantitative estimate of drug-likeness (QED) is 0.668. The molecule has 0 radical (unpaired) electrons. The minimum absolute atomic E-state index is 0.0152. The Hall–Kier alpha value is -2.42. The number of hydrogen-bond donors (Lipinski definition) is 1. The van der Waals surface area contributed by atoms with Crippen molar-refractivity contribution in [3.8, 4) is 0 Å². The van der Waals surface area contributed by atoms with Gasteiger partial charge in [0.15, 0.2) is 5.16 Å². The number of aromatic nitrogens is 3. The van der Waals surface area contributed by atoms with Crippen molar-refractivity contribution in [3.63, 3.8) is 0 Å². The van der Waals surface area contributed by atoms with Gasteiger partial charge >= 0.3 is 5.97 Å². The molecule has 98 valence electrons. The largest absolute Gasteiger partial charge is 0.478 e. The smallest absolute Gasteiger partial charge is 0.336 e. The van der Waals surface area contributed by atoms with Crippen LogP contribution in [0.25, 0.3) is 0 Å². The summed E-state index contributed by atoms with van der Waals surface area (Å²) >= 11 is 1.01. The number of rotatable bonds is 4. The van der Waals surface area contributed by atoms with Crippen LogP contribution in [0.5, 0.6) is 0 Å². The van der Waals surface area contributed by atoms with Crippen LogP contribution in [-0.2, 0) is 7.05 Å². The Labute approximate surface area is 111 Å². The van der Waals surface area contributed by atoms with Crippen LogP contribution in [0.3, 0.4) is 0 Å². The number of aromatic carboxylic acids is 1. The van der Waals surface area contributed by atoms with Gasteiger partial charge in [0.05, 0.1) is 10.5 Å². The average Bonchev–Trinajstić information content (AvgIpc) is 2.74. The lowest BCUT2D eigenvalue weighted by Crippen LogP contribution is -2.01. The maximum atomic E-state index is 11.1. The number of nitro benzene ring substituents is 1. The van der Waals surface area contributed by atoms with Crippen LogP contribution in [-0.4, -0.2) is 30.8 Å². The van der Waals surface area contributed by atoms with Crippen LogP contribution in [0, 0.1) is 10.1 Å². The maximum absolute atomic E-state index is 11.1. The highest BCUT2D eigenvalue weighted by Crippen LogP contribution is 2.31. The van der Waals surface area contributed by atoms with E-state index in [4.69, 9.17) is 5.11 Å². The molecule has 1 aromatic carbocycles. The lowest BCUT2D eigenvalue weighted by molar-refractivity contribution is -0.385. The summed E-state index contributed by atoms with van der Waals surface area (Å²) in [7, 11) is 1.65. The molecule has 2 rings (SSSR count). The highest BCUT2D eigenvalue weighted by Gasteiger charge is 2.17. The van der Waals surface area contributed by atoms with Crippen LogP contribution >= 0.6 is 11.8 Å². The van der Waals surface area contributed by atoms with Crippen molar-refractivity contribution in [3.05, 3.63) is 40.2 Å². The summed E-state index contributed by atoms with van der Waals surface area (Å²) < 4.78 is 1.45. The zero-order valence-electron chi connectivity index (χ0n) is 9.68. The van der Waals surface area contributed by atoms with Crippen molar-refractivity contribution in [2.24, 2.45) is 7.05 Å². The van der Waals surface area contributed by atoms with Crippen LogP contribution in [0.2, 0.25) is 0 Å². The third-order valence-electron chi connectivity index (χ3n) is 2.28.